The van der Waals surface area contributed by atoms with Gasteiger partial charge in [-0.1, -0.05) is 103 Å². The van der Waals surface area contributed by atoms with Gasteiger partial charge in [-0.15, -0.1) is 0 Å². The summed E-state index contributed by atoms with van der Waals surface area (Å²) in [5, 5.41) is 7.13. The molecule has 4 heteroatoms. The molecule has 0 spiro atoms. The Kier molecular flexibility index (Phi) is 15.7. The molecular weight excluding hydrogens is 346 g/mol. The smallest absolute Gasteiger partial charge is 0.254 e. The van der Waals surface area contributed by atoms with E-state index in [2.05, 4.69) is 17.3 Å². The van der Waals surface area contributed by atoms with E-state index < -0.39 is 0 Å². The highest BCUT2D eigenvalue weighted by Gasteiger charge is 2.06. The maximum absolute atomic E-state index is 12.0. The second-order valence-corrected chi connectivity index (χ2v) is 8.14. The predicted octanol–water partition coefficient (Wildman–Crippen LogP) is 6.89. The molecule has 0 saturated heterocycles. The molecule has 0 saturated carbocycles. The van der Waals surface area contributed by atoms with Crippen LogP contribution in [0.4, 0.5) is 0 Å². The molecule has 0 radical (unpaired) electrons. The number of nitrogens with zero attached hydrogens (tertiary/aromatic N) is 2. The molecule has 0 aliphatic carbocycles. The zero-order valence-electron chi connectivity index (χ0n) is 18.7. The fraction of sp³-hybridized carbons (Fsp3) is 0.833. The Bertz CT molecular complexity index is 484. The standard InChI is InChI=1S/C24H45N3O/c1-3-5-6-7-8-9-10-11-12-13-14-15-16-17-18-19-20-25-24(28)23-21-26-27(4-2)22-23/h21-22H,3-20H2,1-2H3,(H,25,28). The van der Waals surface area contributed by atoms with Crippen molar-refractivity contribution in [3.05, 3.63) is 18.0 Å². The topological polar surface area (TPSA) is 46.9 Å². The van der Waals surface area contributed by atoms with Crippen molar-refractivity contribution in [1.82, 2.24) is 15.1 Å². The molecule has 0 bridgehead atoms. The van der Waals surface area contributed by atoms with E-state index in [4.69, 9.17) is 0 Å². The van der Waals surface area contributed by atoms with E-state index in [9.17, 15) is 4.79 Å². The molecule has 1 heterocycles. The number of hydrogen-bond donors (Lipinski definition) is 1. The van der Waals surface area contributed by atoms with Crippen LogP contribution in [-0.2, 0) is 6.54 Å². The quantitative estimate of drug-likeness (QED) is 0.261. The van der Waals surface area contributed by atoms with Crippen LogP contribution in [0, 0.1) is 0 Å². The van der Waals surface area contributed by atoms with Crippen molar-refractivity contribution in [3.63, 3.8) is 0 Å². The van der Waals surface area contributed by atoms with Gasteiger partial charge in [0, 0.05) is 19.3 Å². The van der Waals surface area contributed by atoms with Crippen molar-refractivity contribution in [3.8, 4) is 0 Å². The highest BCUT2D eigenvalue weighted by atomic mass is 16.1. The van der Waals surface area contributed by atoms with Crippen LogP contribution in [-0.4, -0.2) is 22.2 Å². The minimum atomic E-state index is 0.000611. The third kappa shape index (κ3) is 13.0. The monoisotopic (exact) mass is 391 g/mol. The lowest BCUT2D eigenvalue weighted by Gasteiger charge is -2.05. The van der Waals surface area contributed by atoms with Gasteiger partial charge in [-0.05, 0) is 13.3 Å². The lowest BCUT2D eigenvalue weighted by Crippen LogP contribution is -2.24. The van der Waals surface area contributed by atoms with E-state index in [1.165, 1.54) is 96.3 Å². The highest BCUT2D eigenvalue weighted by Crippen LogP contribution is 2.13. The lowest BCUT2D eigenvalue weighted by atomic mass is 10.0. The summed E-state index contributed by atoms with van der Waals surface area (Å²) >= 11 is 0. The zero-order valence-corrected chi connectivity index (χ0v) is 18.7. The zero-order chi connectivity index (χ0) is 20.3. The van der Waals surface area contributed by atoms with Gasteiger partial charge in [0.1, 0.15) is 0 Å². The number of carbonyl (C=O) groups excluding carboxylic acids is 1. The van der Waals surface area contributed by atoms with Gasteiger partial charge < -0.3 is 5.32 Å². The molecule has 28 heavy (non-hydrogen) atoms. The fourth-order valence-corrected chi connectivity index (χ4v) is 3.63. The van der Waals surface area contributed by atoms with Gasteiger partial charge in [0.2, 0.25) is 0 Å². The van der Waals surface area contributed by atoms with Crippen LogP contribution in [0.1, 0.15) is 127 Å². The molecule has 1 N–H and O–H groups in total. The molecule has 162 valence electrons. The Hall–Kier alpha value is -1.32. The number of amides is 1. The number of aryl methyl sites for hydroxylation is 1. The molecule has 0 aromatic carbocycles. The summed E-state index contributed by atoms with van der Waals surface area (Å²) in [4.78, 5) is 12.0. The summed E-state index contributed by atoms with van der Waals surface area (Å²) in [6.07, 6.45) is 25.4. The highest BCUT2D eigenvalue weighted by molar-refractivity contribution is 5.93. The van der Waals surface area contributed by atoms with Gasteiger partial charge in [0.25, 0.3) is 5.91 Å². The van der Waals surface area contributed by atoms with Crippen LogP contribution in [0.3, 0.4) is 0 Å². The molecule has 0 atom stereocenters. The summed E-state index contributed by atoms with van der Waals surface area (Å²) in [5.41, 5.74) is 0.665. The van der Waals surface area contributed by atoms with E-state index in [0.29, 0.717) is 5.56 Å². The first kappa shape index (κ1) is 24.7. The molecule has 0 aliphatic rings. The Balaban J connectivity index is 1.78. The Labute approximate surface area is 173 Å². The van der Waals surface area contributed by atoms with Gasteiger partial charge in [-0.25, -0.2) is 0 Å². The van der Waals surface area contributed by atoms with Gasteiger partial charge in [0.15, 0.2) is 0 Å². The van der Waals surface area contributed by atoms with Crippen molar-refractivity contribution < 1.29 is 4.79 Å². The maximum atomic E-state index is 12.0. The average molecular weight is 392 g/mol. The summed E-state index contributed by atoms with van der Waals surface area (Å²) < 4.78 is 1.78. The summed E-state index contributed by atoms with van der Waals surface area (Å²) in [5.74, 6) is 0.000611. The first-order valence-electron chi connectivity index (χ1n) is 12.1. The second-order valence-electron chi connectivity index (χ2n) is 8.14. The molecule has 4 nitrogen and oxygen atoms in total. The normalized spacial score (nSPS) is 11.1. The Morgan fingerprint density at radius 1 is 0.786 bits per heavy atom. The van der Waals surface area contributed by atoms with Gasteiger partial charge in [-0.3, -0.25) is 9.48 Å². The average Bonchev–Trinajstić information content (AvgIpc) is 3.19. The molecule has 1 rings (SSSR count). The van der Waals surface area contributed by atoms with Gasteiger partial charge in [-0.2, -0.15) is 5.10 Å². The summed E-state index contributed by atoms with van der Waals surface area (Å²) in [6, 6.07) is 0. The minimum Gasteiger partial charge on any atom is -0.352 e. The molecule has 1 aromatic heterocycles. The molecule has 1 amide bonds. The van der Waals surface area contributed by atoms with E-state index in [1.54, 1.807) is 10.9 Å². The predicted molar refractivity (Wildman–Crippen MR) is 120 cm³/mol. The van der Waals surface area contributed by atoms with E-state index in [0.717, 1.165) is 19.5 Å². The third-order valence-corrected chi connectivity index (χ3v) is 5.54. The van der Waals surface area contributed by atoms with Crippen LogP contribution in [0.15, 0.2) is 12.4 Å². The van der Waals surface area contributed by atoms with Gasteiger partial charge in [0.05, 0.1) is 11.8 Å². The lowest BCUT2D eigenvalue weighted by molar-refractivity contribution is 0.0953. The summed E-state index contributed by atoms with van der Waals surface area (Å²) in [6.45, 7) is 5.87. The van der Waals surface area contributed by atoms with Crippen LogP contribution < -0.4 is 5.32 Å². The second kappa shape index (κ2) is 17.8. The van der Waals surface area contributed by atoms with Gasteiger partial charge >= 0.3 is 0 Å². The summed E-state index contributed by atoms with van der Waals surface area (Å²) in [7, 11) is 0. The number of hydrogen-bond acceptors (Lipinski definition) is 2. The number of nitrogens with one attached hydrogen (secondary N) is 1. The molecule has 1 aromatic rings. The SMILES string of the molecule is CCCCCCCCCCCCCCCCCCNC(=O)c1cnn(CC)c1. The largest absolute Gasteiger partial charge is 0.352 e. The molecular formula is C24H45N3O. The van der Waals surface area contributed by atoms with E-state index >= 15 is 0 Å². The first-order chi connectivity index (χ1) is 13.8. The van der Waals surface area contributed by atoms with Crippen LogP contribution in [0.2, 0.25) is 0 Å². The van der Waals surface area contributed by atoms with E-state index in [-0.39, 0.29) is 5.91 Å². The number of rotatable bonds is 19. The van der Waals surface area contributed by atoms with Crippen LogP contribution >= 0.6 is 0 Å². The molecule has 0 fully saturated rings. The van der Waals surface area contributed by atoms with Crippen molar-refractivity contribution in [2.45, 2.75) is 123 Å². The Morgan fingerprint density at radius 2 is 1.25 bits per heavy atom. The molecule has 0 unspecified atom stereocenters. The third-order valence-electron chi connectivity index (χ3n) is 5.54. The van der Waals surface area contributed by atoms with Crippen LogP contribution in [0.5, 0.6) is 0 Å². The van der Waals surface area contributed by atoms with Crippen molar-refractivity contribution in [1.29, 1.82) is 0 Å². The first-order valence-corrected chi connectivity index (χ1v) is 12.1. The number of carbonyl (C=O) groups is 1. The van der Waals surface area contributed by atoms with Crippen molar-refractivity contribution >= 4 is 5.91 Å². The van der Waals surface area contributed by atoms with Crippen molar-refractivity contribution in [2.24, 2.45) is 0 Å². The minimum absolute atomic E-state index is 0.000611. The van der Waals surface area contributed by atoms with Crippen molar-refractivity contribution in [2.75, 3.05) is 6.54 Å². The van der Waals surface area contributed by atoms with E-state index in [1.807, 2.05) is 13.1 Å². The number of aromatic nitrogens is 2. The maximum Gasteiger partial charge on any atom is 0.254 e. The van der Waals surface area contributed by atoms with Crippen LogP contribution in [0.25, 0.3) is 0 Å². The molecule has 0 aliphatic heterocycles. The number of unbranched alkanes of at least 4 members (excludes halogenated alkanes) is 15. The fourth-order valence-electron chi connectivity index (χ4n) is 3.63. The Morgan fingerprint density at radius 3 is 1.68 bits per heavy atom.